The molecule has 0 aliphatic heterocycles. The van der Waals surface area contributed by atoms with Crippen LogP contribution in [0.1, 0.15) is 0 Å². The van der Waals surface area contributed by atoms with E-state index in [0.29, 0.717) is 0 Å². The molecule has 0 spiro atoms. The van der Waals surface area contributed by atoms with Crippen LogP contribution in [0.2, 0.25) is 0 Å². The van der Waals surface area contributed by atoms with Gasteiger partial charge < -0.3 is 44.4 Å². The summed E-state index contributed by atoms with van der Waals surface area (Å²) in [6.45, 7) is 0. The van der Waals surface area contributed by atoms with Gasteiger partial charge in [0.25, 0.3) is 0 Å². The van der Waals surface area contributed by atoms with Gasteiger partial charge in [-0.3, -0.25) is 0 Å². The molecular weight excluding hydrogens is 384 g/mol. The molecule has 0 atom stereocenters. The monoisotopic (exact) mass is 391 g/mol. The molecule has 2 radical (unpaired) electrons. The Labute approximate surface area is 104 Å². The third kappa shape index (κ3) is 10.9. The van der Waals surface area contributed by atoms with E-state index in [0.717, 1.165) is 5.69 Å². The smallest absolute Gasteiger partial charge is 1.00 e. The molecule has 0 heterocycles. The average molecular weight is 392 g/mol. The molecule has 0 aliphatic rings. The topological polar surface area (TPSA) is 27.6 Å². The molecule has 1 nitrogen and oxygen atoms in total. The molecule has 1 aromatic rings. The third-order valence-electron chi connectivity index (χ3n) is 0.843. The summed E-state index contributed by atoms with van der Waals surface area (Å²) in [6, 6.07) is 9.87. The molecule has 0 aliphatic carbocycles. The van der Waals surface area contributed by atoms with Crippen LogP contribution < -0.4 is 44.4 Å². The Morgan fingerprint density at radius 2 is 1.27 bits per heavy atom. The van der Waals surface area contributed by atoms with Crippen LogP contribution in [-0.2, 0) is 0 Å². The van der Waals surface area contributed by atoms with Crippen LogP contribution in [0.4, 0.5) is 5.69 Å². The fourth-order valence-electron chi connectivity index (χ4n) is 0.478. The second-order valence-electron chi connectivity index (χ2n) is 1.49. The summed E-state index contributed by atoms with van der Waals surface area (Å²) in [5.74, 6) is 0. The molecule has 0 fully saturated rings. The first kappa shape index (κ1) is 22.6. The van der Waals surface area contributed by atoms with Gasteiger partial charge in [0.15, 0.2) is 0 Å². The molecular formula is C6H8Br2FNSn. The molecule has 62 valence electrons. The van der Waals surface area contributed by atoms with Crippen LogP contribution in [0.25, 0.3) is 0 Å². The van der Waals surface area contributed by atoms with Crippen molar-refractivity contribution in [2.24, 2.45) is 0 Å². The molecule has 0 aromatic heterocycles. The first-order valence-corrected chi connectivity index (χ1v) is 2.26. The van der Waals surface area contributed by atoms with E-state index >= 15 is 0 Å². The summed E-state index contributed by atoms with van der Waals surface area (Å²) in [5.41, 5.74) is 4.79. The van der Waals surface area contributed by atoms with Crippen molar-refractivity contribution < 1.29 is 44.4 Å². The van der Waals surface area contributed by atoms with Crippen LogP contribution in [0.3, 0.4) is 0 Å². The summed E-state index contributed by atoms with van der Waals surface area (Å²) < 4.78 is 0. The summed E-state index contributed by atoms with van der Waals surface area (Å²) in [6.07, 6.45) is 0. The fraction of sp³-hybridized carbons (Fsp3) is 0. The first-order valence-electron chi connectivity index (χ1n) is 2.26. The van der Waals surface area contributed by atoms with Gasteiger partial charge in [-0.2, -0.15) is 0 Å². The predicted octanol–water partition coefficient (Wildman–Crippen LogP) is -8.81. The van der Waals surface area contributed by atoms with Crippen LogP contribution in [0.5, 0.6) is 0 Å². The van der Waals surface area contributed by atoms with Gasteiger partial charge in [0.1, 0.15) is 5.69 Å². The molecule has 0 bridgehead atoms. The molecule has 5 heteroatoms. The maximum absolute atomic E-state index is 3.72. The zero-order valence-corrected chi connectivity index (χ0v) is 11.8. The molecule has 0 saturated carbocycles. The van der Waals surface area contributed by atoms with E-state index in [9.17, 15) is 0 Å². The molecule has 0 saturated heterocycles. The third-order valence-corrected chi connectivity index (χ3v) is 0.843. The Hall–Kier alpha value is 0.869. The number of benzene rings is 1. The van der Waals surface area contributed by atoms with E-state index in [1.165, 1.54) is 0 Å². The van der Waals surface area contributed by atoms with Gasteiger partial charge in [0.05, 0.1) is 0 Å². The quantitative estimate of drug-likeness (QED) is 0.426. The van der Waals surface area contributed by atoms with E-state index in [1.54, 1.807) is 0 Å². The van der Waals surface area contributed by atoms with Crippen molar-refractivity contribution in [2.45, 2.75) is 0 Å². The Kier molecular flexibility index (Phi) is 27.7. The molecule has 1 aromatic carbocycles. The minimum absolute atomic E-state index is 0. The molecule has 11 heavy (non-hydrogen) atoms. The van der Waals surface area contributed by atoms with Gasteiger partial charge in [-0.25, -0.2) is 0 Å². The van der Waals surface area contributed by atoms with Crippen LogP contribution in [0, 0.1) is 0 Å². The van der Waals surface area contributed by atoms with Crippen LogP contribution in [0.15, 0.2) is 30.3 Å². The number of quaternary nitrogens is 1. The van der Waals surface area contributed by atoms with E-state index in [4.69, 9.17) is 0 Å². The van der Waals surface area contributed by atoms with Crippen molar-refractivity contribution in [1.82, 2.24) is 0 Å². The van der Waals surface area contributed by atoms with Crippen molar-refractivity contribution in [3.63, 3.8) is 0 Å². The molecule has 1 rings (SSSR count). The first-order chi connectivity index (χ1) is 3.39. The Bertz CT molecular complexity index is 151. The minimum Gasteiger partial charge on any atom is -1.00 e. The number of halogens is 3. The maximum atomic E-state index is 3.72. The van der Waals surface area contributed by atoms with Gasteiger partial charge in [-0.1, -0.05) is 18.2 Å². The van der Waals surface area contributed by atoms with E-state index in [2.05, 4.69) is 5.73 Å². The average Bonchev–Trinajstić information content (AvgIpc) is 1.69. The summed E-state index contributed by atoms with van der Waals surface area (Å²) in [7, 11) is 0. The maximum Gasteiger partial charge on any atom is 2.00 e. The zero-order valence-electron chi connectivity index (χ0n) is 5.73. The molecule has 3 N–H and O–H groups in total. The predicted molar refractivity (Wildman–Crippen MR) is 34.7 cm³/mol. The van der Waals surface area contributed by atoms with Crippen molar-refractivity contribution in [3.05, 3.63) is 30.3 Å². The van der Waals surface area contributed by atoms with Gasteiger partial charge in [0.2, 0.25) is 0 Å². The van der Waals surface area contributed by atoms with Gasteiger partial charge >= 0.3 is 23.9 Å². The van der Waals surface area contributed by atoms with Crippen molar-refractivity contribution >= 4 is 29.6 Å². The Morgan fingerprint density at radius 3 is 1.45 bits per heavy atom. The van der Waals surface area contributed by atoms with E-state index in [1.807, 2.05) is 30.3 Å². The van der Waals surface area contributed by atoms with Gasteiger partial charge in [-0.05, 0) is 12.1 Å². The zero-order chi connectivity index (χ0) is 5.11. The largest absolute Gasteiger partial charge is 2.00 e. The second kappa shape index (κ2) is 13.5. The standard InChI is InChI=1S/C6H7N.2BrH.FH.Sn/c7-6-4-2-1-3-5-6;;;;/h1-5H,7H2;3*1H;/q;;;;+2/p-2. The number of hydrogen-bond donors (Lipinski definition) is 1. The fourth-order valence-corrected chi connectivity index (χ4v) is 0.478. The SMILES string of the molecule is [Br-].[Br-].[F-].[NH3+]c1ccccc1.[Sn+2]. The number of hydrogen-bond acceptors (Lipinski definition) is 0. The summed E-state index contributed by atoms with van der Waals surface area (Å²) in [5, 5.41) is 0. The van der Waals surface area contributed by atoms with Gasteiger partial charge in [0, 0.05) is 0 Å². The number of rotatable bonds is 0. The molecule has 0 unspecified atom stereocenters. The summed E-state index contributed by atoms with van der Waals surface area (Å²) >= 11 is 0. The van der Waals surface area contributed by atoms with Crippen molar-refractivity contribution in [2.75, 3.05) is 0 Å². The summed E-state index contributed by atoms with van der Waals surface area (Å²) in [4.78, 5) is 0. The minimum atomic E-state index is 0. The Morgan fingerprint density at radius 1 is 0.909 bits per heavy atom. The second-order valence-corrected chi connectivity index (χ2v) is 1.49. The van der Waals surface area contributed by atoms with Crippen molar-refractivity contribution in [3.8, 4) is 0 Å². The van der Waals surface area contributed by atoms with Crippen molar-refractivity contribution in [1.29, 1.82) is 0 Å². The van der Waals surface area contributed by atoms with E-state index < -0.39 is 0 Å². The molecule has 0 amide bonds. The van der Waals surface area contributed by atoms with Crippen LogP contribution >= 0.6 is 0 Å². The van der Waals surface area contributed by atoms with Crippen LogP contribution in [-0.4, -0.2) is 23.9 Å². The van der Waals surface area contributed by atoms with Gasteiger partial charge in [-0.15, -0.1) is 0 Å². The normalized spacial score (nSPS) is 5.55. The van der Waals surface area contributed by atoms with E-state index in [-0.39, 0.29) is 62.6 Å². The Balaban J connectivity index is -0.0000000612.